The van der Waals surface area contributed by atoms with Gasteiger partial charge in [0.05, 0.1) is 22.1 Å². The van der Waals surface area contributed by atoms with Crippen molar-refractivity contribution in [1.82, 2.24) is 9.13 Å². The van der Waals surface area contributed by atoms with E-state index in [1.165, 1.54) is 88.4 Å². The van der Waals surface area contributed by atoms with Crippen molar-refractivity contribution in [2.75, 3.05) is 10.2 Å². The molecule has 0 radical (unpaired) electrons. The first-order chi connectivity index (χ1) is 43.3. The molecule has 0 unspecified atom stereocenters. The van der Waals surface area contributed by atoms with E-state index in [1.54, 1.807) is 0 Å². The van der Waals surface area contributed by atoms with Gasteiger partial charge < -0.3 is 19.4 Å². The van der Waals surface area contributed by atoms with Crippen LogP contribution in [0.4, 0.5) is 28.4 Å². The zero-order chi connectivity index (χ0) is 61.3. The van der Waals surface area contributed by atoms with E-state index in [0.29, 0.717) is 0 Å². The standard InChI is InChI=1S/C42H36N2.C24H18N2.C18H19Br/c1-42(2,3)33-24-20-31(21-25-33)18-19-32-22-26-36(27-23-32)43(34-12-6-4-7-13-34)37-28-29-41-39(30-37)38-16-10-11-17-40(38)44(41)35-14-8-5-9-15-35;1-3-9-18(10-4-1)25-19-15-16-24-22(17-19)21-13-7-8-14-23(21)26(24)20-11-5-2-6-12-20;1-18(2,3)16-10-6-14(7-11-16)4-5-15-8-12-17(19)13-9-15/h4-30H,1-3H3;1-17,25H;4-13H,1-3H3/b19-18+;;5-4+. The summed E-state index contributed by atoms with van der Waals surface area (Å²) in [6.45, 7) is 13.5. The normalized spacial score (nSPS) is 11.7. The summed E-state index contributed by atoms with van der Waals surface area (Å²) in [7, 11) is 0. The van der Waals surface area contributed by atoms with Gasteiger partial charge in [-0.15, -0.1) is 0 Å². The maximum absolute atomic E-state index is 3.50. The Bertz CT molecular complexity index is 4700. The molecule has 0 bridgehead atoms. The molecule has 14 rings (SSSR count). The largest absolute Gasteiger partial charge is 0.356 e. The second-order valence-corrected chi connectivity index (χ2v) is 25.4. The Morgan fingerprint density at radius 3 is 1.11 bits per heavy atom. The van der Waals surface area contributed by atoms with Gasteiger partial charge in [-0.3, -0.25) is 0 Å². The molecule has 14 aromatic rings. The summed E-state index contributed by atoms with van der Waals surface area (Å²) in [6.07, 6.45) is 8.66. The summed E-state index contributed by atoms with van der Waals surface area (Å²) in [5, 5.41) is 8.51. The summed E-state index contributed by atoms with van der Waals surface area (Å²) < 4.78 is 5.80. The van der Waals surface area contributed by atoms with Crippen LogP contribution in [0.25, 0.3) is 79.3 Å². The maximum atomic E-state index is 3.50. The Morgan fingerprint density at radius 2 is 0.652 bits per heavy atom. The van der Waals surface area contributed by atoms with Crippen LogP contribution in [0.5, 0.6) is 0 Å². The molecular formula is C84H73BrN4. The molecule has 1 N–H and O–H groups in total. The number of hydrogen-bond donors (Lipinski definition) is 1. The lowest BCUT2D eigenvalue weighted by Gasteiger charge is -2.25. The van der Waals surface area contributed by atoms with E-state index in [1.807, 2.05) is 18.2 Å². The van der Waals surface area contributed by atoms with Gasteiger partial charge in [-0.1, -0.05) is 264 Å². The maximum Gasteiger partial charge on any atom is 0.0542 e. The molecule has 0 spiro atoms. The fourth-order valence-electron chi connectivity index (χ4n) is 11.5. The van der Waals surface area contributed by atoms with Crippen LogP contribution < -0.4 is 10.2 Å². The summed E-state index contributed by atoms with van der Waals surface area (Å²) in [4.78, 5) is 2.34. The molecule has 0 saturated heterocycles. The number of aromatic nitrogens is 2. The first-order valence-corrected chi connectivity index (χ1v) is 31.4. The molecule has 0 saturated carbocycles. The minimum Gasteiger partial charge on any atom is -0.356 e. The second kappa shape index (κ2) is 26.4. The quantitative estimate of drug-likeness (QED) is 0.131. The molecule has 2 heterocycles. The summed E-state index contributed by atoms with van der Waals surface area (Å²) >= 11 is 3.44. The lowest BCUT2D eigenvalue weighted by molar-refractivity contribution is 0.590. The first-order valence-electron chi connectivity index (χ1n) is 30.6. The van der Waals surface area contributed by atoms with Gasteiger partial charge >= 0.3 is 0 Å². The van der Waals surface area contributed by atoms with Crippen molar-refractivity contribution in [1.29, 1.82) is 0 Å². The monoisotopic (exact) mass is 1220 g/mol. The molecule has 0 atom stereocenters. The molecule has 5 heteroatoms. The number of fused-ring (bicyclic) bond motifs is 6. The highest BCUT2D eigenvalue weighted by Gasteiger charge is 2.19. The van der Waals surface area contributed by atoms with Crippen LogP contribution in [-0.2, 0) is 10.8 Å². The van der Waals surface area contributed by atoms with Gasteiger partial charge in [-0.2, -0.15) is 0 Å². The molecule has 12 aromatic carbocycles. The number of halogens is 1. The molecule has 0 aliphatic carbocycles. The molecule has 0 amide bonds. The van der Waals surface area contributed by atoms with E-state index in [0.717, 1.165) is 32.9 Å². The molecular weight excluding hydrogens is 1140 g/mol. The minimum absolute atomic E-state index is 0.159. The van der Waals surface area contributed by atoms with E-state index in [-0.39, 0.29) is 10.8 Å². The summed E-state index contributed by atoms with van der Waals surface area (Å²) in [5.41, 5.74) is 20.7. The number of para-hydroxylation sites is 6. The number of hydrogen-bond acceptors (Lipinski definition) is 2. The molecule has 0 fully saturated rings. The lowest BCUT2D eigenvalue weighted by atomic mass is 9.87. The fourth-order valence-corrected chi connectivity index (χ4v) is 11.7. The minimum atomic E-state index is 0.159. The SMILES string of the molecule is CC(C)(C)c1ccc(/C=C/c2ccc(Br)cc2)cc1.CC(C)(C)c1ccc(/C=C/c2ccc(N(c3ccccc3)c3ccc4c(c3)c3ccccc3n4-c3ccccc3)cc2)cc1.c1ccc(Nc2ccc3c(c2)c2ccccc2n3-c2ccccc2)cc1. The highest BCUT2D eigenvalue weighted by Crippen LogP contribution is 2.40. The molecule has 0 aliphatic heterocycles. The molecule has 89 heavy (non-hydrogen) atoms. The van der Waals surface area contributed by atoms with Gasteiger partial charge in [-0.25, -0.2) is 0 Å². The average molecular weight is 1220 g/mol. The van der Waals surface area contributed by atoms with E-state index in [4.69, 9.17) is 0 Å². The Hall–Kier alpha value is -10.2. The van der Waals surface area contributed by atoms with Crippen molar-refractivity contribution in [3.8, 4) is 11.4 Å². The van der Waals surface area contributed by atoms with Crippen LogP contribution in [0.15, 0.2) is 308 Å². The third-order valence-corrected chi connectivity index (χ3v) is 16.7. The van der Waals surface area contributed by atoms with Gasteiger partial charge in [0, 0.05) is 65.8 Å². The molecule has 2 aromatic heterocycles. The van der Waals surface area contributed by atoms with Crippen molar-refractivity contribution in [3.05, 3.63) is 341 Å². The van der Waals surface area contributed by atoms with Crippen LogP contribution in [0.1, 0.15) is 74.9 Å². The highest BCUT2D eigenvalue weighted by molar-refractivity contribution is 9.10. The van der Waals surface area contributed by atoms with E-state index >= 15 is 0 Å². The summed E-state index contributed by atoms with van der Waals surface area (Å²) in [6, 6.07) is 108. The van der Waals surface area contributed by atoms with Crippen molar-refractivity contribution < 1.29 is 0 Å². The third-order valence-electron chi connectivity index (χ3n) is 16.2. The van der Waals surface area contributed by atoms with Crippen molar-refractivity contribution in [3.63, 3.8) is 0 Å². The average Bonchev–Trinajstić information content (AvgIpc) is 1.76. The van der Waals surface area contributed by atoms with Gasteiger partial charge in [0.1, 0.15) is 0 Å². The fraction of sp³-hybridized carbons (Fsp3) is 0.0952. The van der Waals surface area contributed by atoms with Gasteiger partial charge in [0.2, 0.25) is 0 Å². The van der Waals surface area contributed by atoms with Crippen LogP contribution in [0.2, 0.25) is 0 Å². The number of anilines is 5. The smallest absolute Gasteiger partial charge is 0.0542 e. The van der Waals surface area contributed by atoms with E-state index in [9.17, 15) is 0 Å². The second-order valence-electron chi connectivity index (χ2n) is 24.5. The zero-order valence-corrected chi connectivity index (χ0v) is 53.0. The van der Waals surface area contributed by atoms with Crippen LogP contribution in [0.3, 0.4) is 0 Å². The number of rotatable bonds is 11. The topological polar surface area (TPSA) is 25.1 Å². The van der Waals surface area contributed by atoms with E-state index in [2.05, 4.69) is 386 Å². The third kappa shape index (κ3) is 13.8. The molecule has 4 nitrogen and oxygen atoms in total. The predicted molar refractivity (Wildman–Crippen MR) is 388 cm³/mol. The van der Waals surface area contributed by atoms with Crippen LogP contribution in [-0.4, -0.2) is 9.13 Å². The Morgan fingerprint density at radius 1 is 0.303 bits per heavy atom. The van der Waals surface area contributed by atoms with E-state index < -0.39 is 0 Å². The lowest BCUT2D eigenvalue weighted by Crippen LogP contribution is -2.10. The Labute approximate surface area is 533 Å². The number of benzene rings is 12. The molecule has 436 valence electrons. The van der Waals surface area contributed by atoms with Gasteiger partial charge in [-0.05, 0) is 166 Å². The van der Waals surface area contributed by atoms with Gasteiger partial charge in [0.15, 0.2) is 0 Å². The highest BCUT2D eigenvalue weighted by atomic mass is 79.9. The summed E-state index contributed by atoms with van der Waals surface area (Å²) in [5.74, 6) is 0. The Balaban J connectivity index is 0.000000144. The number of nitrogens with one attached hydrogen (secondary N) is 1. The Kier molecular flexibility index (Phi) is 17.6. The first kappa shape index (κ1) is 59.1. The van der Waals surface area contributed by atoms with Crippen molar-refractivity contribution in [2.45, 2.75) is 52.4 Å². The van der Waals surface area contributed by atoms with Crippen LogP contribution in [0, 0.1) is 0 Å². The van der Waals surface area contributed by atoms with Crippen molar-refractivity contribution >= 4 is 112 Å². The number of nitrogens with zero attached hydrogens (tertiary/aromatic N) is 3. The zero-order valence-electron chi connectivity index (χ0n) is 51.4. The van der Waals surface area contributed by atoms with Crippen LogP contribution >= 0.6 is 15.9 Å². The molecule has 0 aliphatic rings. The van der Waals surface area contributed by atoms with Crippen molar-refractivity contribution in [2.24, 2.45) is 0 Å². The predicted octanol–water partition coefficient (Wildman–Crippen LogP) is 24.2. The van der Waals surface area contributed by atoms with Gasteiger partial charge in [0.25, 0.3) is 0 Å².